The van der Waals surface area contributed by atoms with Crippen molar-refractivity contribution in [3.8, 4) is 0 Å². The van der Waals surface area contributed by atoms with Crippen LogP contribution in [0.25, 0.3) is 0 Å². The molecule has 0 aromatic rings. The summed E-state index contributed by atoms with van der Waals surface area (Å²) >= 11 is 0. The molecule has 15 heavy (non-hydrogen) atoms. The van der Waals surface area contributed by atoms with Gasteiger partial charge in [0.2, 0.25) is 5.91 Å². The second kappa shape index (κ2) is 4.10. The Hall–Kier alpha value is -0.610. The summed E-state index contributed by atoms with van der Waals surface area (Å²) in [5.41, 5.74) is -0.576. The highest BCUT2D eigenvalue weighted by Gasteiger charge is 2.37. The molecule has 2 rings (SSSR count). The van der Waals surface area contributed by atoms with E-state index >= 15 is 0 Å². The number of carbonyl (C=O) groups is 1. The summed E-state index contributed by atoms with van der Waals surface area (Å²) in [5, 5.41) is 12.6. The van der Waals surface area contributed by atoms with E-state index in [4.69, 9.17) is 0 Å². The van der Waals surface area contributed by atoms with Crippen LogP contribution in [0.3, 0.4) is 0 Å². The molecular weight excluding hydrogens is 192 g/mol. The van der Waals surface area contributed by atoms with E-state index < -0.39 is 5.60 Å². The molecule has 0 aromatic heterocycles. The number of rotatable bonds is 3. The summed E-state index contributed by atoms with van der Waals surface area (Å²) in [6.45, 7) is 3.47. The van der Waals surface area contributed by atoms with Gasteiger partial charge in [0.25, 0.3) is 0 Å². The van der Waals surface area contributed by atoms with Crippen LogP contribution in [0.2, 0.25) is 0 Å². The van der Waals surface area contributed by atoms with Gasteiger partial charge in [0.05, 0.1) is 12.1 Å². The maximum Gasteiger partial charge on any atom is 0.234 e. The number of aliphatic hydroxyl groups is 1. The summed E-state index contributed by atoms with van der Waals surface area (Å²) < 4.78 is 0. The Labute approximate surface area is 90.6 Å². The van der Waals surface area contributed by atoms with Crippen molar-refractivity contribution in [3.05, 3.63) is 0 Å². The lowest BCUT2D eigenvalue weighted by Gasteiger charge is -2.43. The van der Waals surface area contributed by atoms with E-state index in [0.717, 1.165) is 12.8 Å². The highest BCUT2D eigenvalue weighted by Crippen LogP contribution is 2.20. The van der Waals surface area contributed by atoms with Crippen LogP contribution in [0.5, 0.6) is 0 Å². The summed E-state index contributed by atoms with van der Waals surface area (Å²) in [5.74, 6) is 0.109. The number of hydrogen-bond donors (Lipinski definition) is 2. The van der Waals surface area contributed by atoms with Gasteiger partial charge in [-0.2, -0.15) is 0 Å². The van der Waals surface area contributed by atoms with E-state index in [1.165, 1.54) is 12.8 Å². The van der Waals surface area contributed by atoms with E-state index in [9.17, 15) is 9.90 Å². The molecule has 2 aliphatic rings. The van der Waals surface area contributed by atoms with Crippen LogP contribution >= 0.6 is 0 Å². The fraction of sp³-hybridized carbons (Fsp3) is 0.909. The second-order valence-corrected chi connectivity index (χ2v) is 5.19. The zero-order chi connectivity index (χ0) is 10.9. The van der Waals surface area contributed by atoms with E-state index in [2.05, 4.69) is 5.32 Å². The molecular formula is C11H20N2O2. The van der Waals surface area contributed by atoms with Crippen molar-refractivity contribution in [1.29, 1.82) is 0 Å². The standard InChI is InChI=1S/C11H20N2O2/c1-11(15)7-13(8-11)6-10(14)12-9-4-2-3-5-9/h9,15H,2-8H2,1H3,(H,12,14). The number of nitrogens with zero attached hydrogens (tertiary/aromatic N) is 1. The van der Waals surface area contributed by atoms with Crippen molar-refractivity contribution in [3.63, 3.8) is 0 Å². The second-order valence-electron chi connectivity index (χ2n) is 5.19. The molecule has 1 saturated heterocycles. The van der Waals surface area contributed by atoms with Crippen LogP contribution in [0.1, 0.15) is 32.6 Å². The van der Waals surface area contributed by atoms with Crippen LogP contribution in [0, 0.1) is 0 Å². The maximum atomic E-state index is 11.6. The van der Waals surface area contributed by atoms with Gasteiger partial charge < -0.3 is 10.4 Å². The first-order valence-corrected chi connectivity index (χ1v) is 5.79. The quantitative estimate of drug-likeness (QED) is 0.698. The fourth-order valence-electron chi connectivity index (χ4n) is 2.58. The third-order valence-corrected chi connectivity index (χ3v) is 3.22. The molecule has 2 N–H and O–H groups in total. The third-order valence-electron chi connectivity index (χ3n) is 3.22. The average Bonchev–Trinajstić information content (AvgIpc) is 2.52. The van der Waals surface area contributed by atoms with E-state index in [0.29, 0.717) is 25.7 Å². The minimum absolute atomic E-state index is 0.109. The number of nitrogens with one attached hydrogen (secondary N) is 1. The Morgan fingerprint density at radius 2 is 2.07 bits per heavy atom. The van der Waals surface area contributed by atoms with E-state index in [1.54, 1.807) is 6.92 Å². The third kappa shape index (κ3) is 2.92. The SMILES string of the molecule is CC1(O)CN(CC(=O)NC2CCCC2)C1. The Balaban J connectivity index is 1.65. The van der Waals surface area contributed by atoms with Crippen molar-refractivity contribution in [1.82, 2.24) is 10.2 Å². The molecule has 1 aliphatic heterocycles. The largest absolute Gasteiger partial charge is 0.388 e. The van der Waals surface area contributed by atoms with Crippen LogP contribution in [0.4, 0.5) is 0 Å². The smallest absolute Gasteiger partial charge is 0.234 e. The van der Waals surface area contributed by atoms with Gasteiger partial charge >= 0.3 is 0 Å². The highest BCUT2D eigenvalue weighted by atomic mass is 16.3. The van der Waals surface area contributed by atoms with Crippen LogP contribution in [-0.4, -0.2) is 47.2 Å². The van der Waals surface area contributed by atoms with Crippen molar-refractivity contribution in [2.75, 3.05) is 19.6 Å². The first kappa shape index (κ1) is 10.9. The van der Waals surface area contributed by atoms with Gasteiger partial charge in [-0.1, -0.05) is 12.8 Å². The normalized spacial score (nSPS) is 26.3. The molecule has 4 nitrogen and oxygen atoms in total. The Kier molecular flexibility index (Phi) is 2.98. The fourth-order valence-corrected chi connectivity index (χ4v) is 2.58. The van der Waals surface area contributed by atoms with Gasteiger partial charge in [-0.25, -0.2) is 0 Å². The molecule has 1 heterocycles. The number of carbonyl (C=O) groups excluding carboxylic acids is 1. The number of likely N-dealkylation sites (tertiary alicyclic amines) is 1. The molecule has 2 fully saturated rings. The van der Waals surface area contributed by atoms with Gasteiger partial charge in [-0.05, 0) is 19.8 Å². The molecule has 4 heteroatoms. The molecule has 1 amide bonds. The highest BCUT2D eigenvalue weighted by molar-refractivity contribution is 5.78. The average molecular weight is 212 g/mol. The zero-order valence-corrected chi connectivity index (χ0v) is 9.33. The summed E-state index contributed by atoms with van der Waals surface area (Å²) in [6.07, 6.45) is 4.74. The molecule has 0 unspecified atom stereocenters. The Morgan fingerprint density at radius 1 is 1.47 bits per heavy atom. The lowest BCUT2D eigenvalue weighted by Crippen LogP contribution is -2.61. The predicted molar refractivity (Wildman–Crippen MR) is 57.5 cm³/mol. The zero-order valence-electron chi connectivity index (χ0n) is 9.33. The van der Waals surface area contributed by atoms with Crippen LogP contribution in [-0.2, 0) is 4.79 Å². The maximum absolute atomic E-state index is 11.6. The molecule has 0 radical (unpaired) electrons. The Bertz CT molecular complexity index is 239. The molecule has 1 aliphatic carbocycles. The molecule has 1 saturated carbocycles. The number of amides is 1. The predicted octanol–water partition coefficient (Wildman–Crippen LogP) is 0.112. The van der Waals surface area contributed by atoms with Crippen molar-refractivity contribution in [2.24, 2.45) is 0 Å². The van der Waals surface area contributed by atoms with Gasteiger partial charge in [0.1, 0.15) is 0 Å². The van der Waals surface area contributed by atoms with Gasteiger partial charge in [-0.3, -0.25) is 9.69 Å². The van der Waals surface area contributed by atoms with Gasteiger partial charge in [0, 0.05) is 19.1 Å². The van der Waals surface area contributed by atoms with Crippen LogP contribution < -0.4 is 5.32 Å². The number of hydrogen-bond acceptors (Lipinski definition) is 3. The van der Waals surface area contributed by atoms with Crippen molar-refractivity contribution >= 4 is 5.91 Å². The minimum atomic E-state index is -0.576. The summed E-state index contributed by atoms with van der Waals surface area (Å²) in [4.78, 5) is 13.6. The monoisotopic (exact) mass is 212 g/mol. The summed E-state index contributed by atoms with van der Waals surface area (Å²) in [7, 11) is 0. The summed E-state index contributed by atoms with van der Waals surface area (Å²) in [6, 6.07) is 0.402. The van der Waals surface area contributed by atoms with E-state index in [-0.39, 0.29) is 5.91 Å². The lowest BCUT2D eigenvalue weighted by molar-refractivity contribution is -0.130. The molecule has 0 aromatic carbocycles. The van der Waals surface area contributed by atoms with Crippen molar-refractivity contribution in [2.45, 2.75) is 44.2 Å². The molecule has 0 bridgehead atoms. The topological polar surface area (TPSA) is 52.6 Å². The minimum Gasteiger partial charge on any atom is -0.388 e. The lowest BCUT2D eigenvalue weighted by atomic mass is 9.97. The molecule has 86 valence electrons. The first-order chi connectivity index (χ1) is 7.05. The molecule has 0 spiro atoms. The van der Waals surface area contributed by atoms with Gasteiger partial charge in [-0.15, -0.1) is 0 Å². The van der Waals surface area contributed by atoms with Crippen LogP contribution in [0.15, 0.2) is 0 Å². The van der Waals surface area contributed by atoms with Gasteiger partial charge in [0.15, 0.2) is 0 Å². The van der Waals surface area contributed by atoms with Crippen molar-refractivity contribution < 1.29 is 9.90 Å². The van der Waals surface area contributed by atoms with E-state index in [1.807, 2.05) is 4.90 Å². The first-order valence-electron chi connectivity index (χ1n) is 5.79. The number of β-amino-alcohol motifs (C(OH)–C–C–N with tert-alkyl or cyclic N) is 1. The Morgan fingerprint density at radius 3 is 2.60 bits per heavy atom. The molecule has 0 atom stereocenters.